The third-order valence-electron chi connectivity index (χ3n) is 7.98. The number of rotatable bonds is 14. The van der Waals surface area contributed by atoms with E-state index in [1.165, 1.54) is 28.6 Å². The molecule has 3 aromatic rings. The number of hydrogen-bond acceptors (Lipinski definition) is 10. The first-order valence-corrected chi connectivity index (χ1v) is 16.9. The van der Waals surface area contributed by atoms with E-state index in [9.17, 15) is 18.3 Å². The van der Waals surface area contributed by atoms with E-state index in [1.807, 2.05) is 44.2 Å². The van der Waals surface area contributed by atoms with Crippen molar-refractivity contribution in [3.8, 4) is 5.75 Å². The fourth-order valence-corrected chi connectivity index (χ4v) is 7.19. The second-order valence-electron chi connectivity index (χ2n) is 12.0. The smallest absolute Gasteiger partial charge is 0.407 e. The molecule has 0 spiro atoms. The zero-order valence-corrected chi connectivity index (χ0v) is 26.8. The molecule has 1 amide bonds. The van der Waals surface area contributed by atoms with Gasteiger partial charge in [0, 0.05) is 25.0 Å². The van der Waals surface area contributed by atoms with Crippen LogP contribution < -0.4 is 15.8 Å². The maximum atomic E-state index is 13.7. The van der Waals surface area contributed by atoms with Crippen molar-refractivity contribution >= 4 is 21.8 Å². The molecule has 3 heterocycles. The fourth-order valence-electron chi connectivity index (χ4n) is 5.57. The van der Waals surface area contributed by atoms with E-state index in [4.69, 9.17) is 24.7 Å². The van der Waals surface area contributed by atoms with Gasteiger partial charge in [-0.15, -0.1) is 0 Å². The first kappa shape index (κ1) is 33.6. The highest BCUT2D eigenvalue weighted by Crippen LogP contribution is 2.33. The van der Waals surface area contributed by atoms with E-state index >= 15 is 0 Å². The van der Waals surface area contributed by atoms with Crippen LogP contribution in [0.2, 0.25) is 0 Å². The topological polar surface area (TPSA) is 163 Å². The van der Waals surface area contributed by atoms with E-state index in [0.29, 0.717) is 24.7 Å². The van der Waals surface area contributed by atoms with Crippen LogP contribution in [0.5, 0.6) is 5.75 Å². The largest absolute Gasteiger partial charge is 0.487 e. The van der Waals surface area contributed by atoms with E-state index in [1.54, 1.807) is 18.3 Å². The first-order valence-electron chi connectivity index (χ1n) is 15.4. The number of anilines is 1. The lowest BCUT2D eigenvalue weighted by Gasteiger charge is -2.31. The lowest BCUT2D eigenvalue weighted by molar-refractivity contribution is -0.0907. The van der Waals surface area contributed by atoms with Crippen molar-refractivity contribution in [2.24, 2.45) is 11.8 Å². The van der Waals surface area contributed by atoms with Gasteiger partial charge in [0.1, 0.15) is 18.5 Å². The average molecular weight is 655 g/mol. The van der Waals surface area contributed by atoms with Gasteiger partial charge >= 0.3 is 6.09 Å². The van der Waals surface area contributed by atoms with Crippen molar-refractivity contribution in [1.82, 2.24) is 14.6 Å². The molecule has 2 saturated heterocycles. The molecule has 1 aromatic heterocycles. The van der Waals surface area contributed by atoms with Crippen molar-refractivity contribution in [3.05, 3.63) is 84.2 Å². The highest BCUT2D eigenvalue weighted by Gasteiger charge is 2.44. The Bertz CT molecular complexity index is 1520. The molecule has 4 N–H and O–H groups in total. The zero-order valence-electron chi connectivity index (χ0n) is 26.0. The number of carbonyl (C=O) groups excluding carboxylic acids is 1. The van der Waals surface area contributed by atoms with Crippen LogP contribution in [0, 0.1) is 11.8 Å². The SMILES string of the molecule is CC(C)CN(CC(O)C(Cc1ccc(OCc2ccccn2)cc1)NC(=O)OC1COC2OCCC12)S(=O)(=O)c1ccc(N)cc1. The van der Waals surface area contributed by atoms with Crippen LogP contribution in [-0.4, -0.2) is 79.7 Å². The van der Waals surface area contributed by atoms with Gasteiger partial charge in [-0.05, 0) is 72.9 Å². The second kappa shape index (κ2) is 15.2. The number of pyridine rings is 1. The van der Waals surface area contributed by atoms with Crippen molar-refractivity contribution in [3.63, 3.8) is 0 Å². The van der Waals surface area contributed by atoms with Gasteiger partial charge in [0.25, 0.3) is 0 Å². The fraction of sp³-hybridized carbons (Fsp3) is 0.455. The van der Waals surface area contributed by atoms with Gasteiger partial charge in [0.15, 0.2) is 6.29 Å². The molecule has 0 radical (unpaired) electrons. The minimum absolute atomic E-state index is 0.0327. The molecule has 5 rings (SSSR count). The van der Waals surface area contributed by atoms with E-state index in [-0.39, 0.29) is 49.1 Å². The molecule has 2 aliphatic heterocycles. The summed E-state index contributed by atoms with van der Waals surface area (Å²) in [6.07, 6.45) is -0.255. The minimum Gasteiger partial charge on any atom is -0.487 e. The molecule has 5 atom stereocenters. The number of aliphatic hydroxyl groups is 1. The number of ether oxygens (including phenoxy) is 4. The summed E-state index contributed by atoms with van der Waals surface area (Å²) in [7, 11) is -3.98. The Morgan fingerprint density at radius 3 is 2.54 bits per heavy atom. The van der Waals surface area contributed by atoms with E-state index in [2.05, 4.69) is 10.3 Å². The Hall–Kier alpha value is -3.75. The molecular weight excluding hydrogens is 612 g/mol. The molecule has 248 valence electrons. The molecule has 2 fully saturated rings. The van der Waals surface area contributed by atoms with Crippen molar-refractivity contribution in [1.29, 1.82) is 0 Å². The van der Waals surface area contributed by atoms with Gasteiger partial charge < -0.3 is 35.1 Å². The van der Waals surface area contributed by atoms with Gasteiger partial charge in [-0.3, -0.25) is 4.98 Å². The molecule has 12 nitrogen and oxygen atoms in total. The second-order valence-corrected chi connectivity index (χ2v) is 14.0. The Balaban J connectivity index is 1.31. The van der Waals surface area contributed by atoms with Crippen LogP contribution in [0.3, 0.4) is 0 Å². The highest BCUT2D eigenvalue weighted by molar-refractivity contribution is 7.89. The van der Waals surface area contributed by atoms with Crippen LogP contribution in [0.25, 0.3) is 0 Å². The van der Waals surface area contributed by atoms with Crippen LogP contribution >= 0.6 is 0 Å². The third-order valence-corrected chi connectivity index (χ3v) is 9.83. The number of carbonyl (C=O) groups is 1. The van der Waals surface area contributed by atoms with Crippen molar-refractivity contribution in [2.45, 2.75) is 62.7 Å². The Kier molecular flexibility index (Phi) is 11.1. The van der Waals surface area contributed by atoms with Crippen LogP contribution in [0.4, 0.5) is 10.5 Å². The molecule has 0 aliphatic carbocycles. The predicted molar refractivity (Wildman–Crippen MR) is 170 cm³/mol. The Labute approximate surface area is 269 Å². The number of aliphatic hydroxyl groups excluding tert-OH is 1. The van der Waals surface area contributed by atoms with Crippen LogP contribution in [0.15, 0.2) is 77.8 Å². The average Bonchev–Trinajstić information content (AvgIpc) is 3.66. The van der Waals surface area contributed by atoms with Gasteiger partial charge in [-0.25, -0.2) is 13.2 Å². The first-order chi connectivity index (χ1) is 22.1. The third kappa shape index (κ3) is 8.74. The lowest BCUT2D eigenvalue weighted by Crippen LogP contribution is -2.51. The Morgan fingerprint density at radius 1 is 1.09 bits per heavy atom. The maximum Gasteiger partial charge on any atom is 0.407 e. The zero-order chi connectivity index (χ0) is 32.7. The number of fused-ring (bicyclic) bond motifs is 1. The number of amides is 1. The molecule has 46 heavy (non-hydrogen) atoms. The summed E-state index contributed by atoms with van der Waals surface area (Å²) in [5.74, 6) is 0.542. The highest BCUT2D eigenvalue weighted by atomic mass is 32.2. The molecule has 2 aromatic carbocycles. The molecule has 2 aliphatic rings. The molecular formula is C33H42N4O8S. The van der Waals surface area contributed by atoms with Gasteiger partial charge in [-0.2, -0.15) is 4.31 Å². The number of alkyl carbamates (subject to hydrolysis) is 1. The normalized spacial score (nSPS) is 20.8. The number of nitrogens with two attached hydrogens (primary N) is 1. The summed E-state index contributed by atoms with van der Waals surface area (Å²) < 4.78 is 51.3. The number of benzene rings is 2. The predicted octanol–water partition coefficient (Wildman–Crippen LogP) is 3.35. The van der Waals surface area contributed by atoms with E-state index < -0.39 is 34.4 Å². The summed E-state index contributed by atoms with van der Waals surface area (Å²) in [4.78, 5) is 17.5. The molecule has 5 unspecified atom stereocenters. The molecule has 0 bridgehead atoms. The van der Waals surface area contributed by atoms with Gasteiger partial charge in [0.2, 0.25) is 10.0 Å². The van der Waals surface area contributed by atoms with Gasteiger partial charge in [0.05, 0.1) is 41.9 Å². The van der Waals surface area contributed by atoms with Crippen molar-refractivity contribution < 1.29 is 37.3 Å². The monoisotopic (exact) mass is 654 g/mol. The van der Waals surface area contributed by atoms with Crippen LogP contribution in [-0.2, 0) is 37.3 Å². The molecule has 13 heteroatoms. The van der Waals surface area contributed by atoms with Gasteiger partial charge in [-0.1, -0.05) is 32.0 Å². The number of hydrogen-bond donors (Lipinski definition) is 3. The number of aromatic nitrogens is 1. The summed E-state index contributed by atoms with van der Waals surface area (Å²) in [5, 5.41) is 14.4. The van der Waals surface area contributed by atoms with Crippen LogP contribution in [0.1, 0.15) is 31.5 Å². The van der Waals surface area contributed by atoms with E-state index in [0.717, 1.165) is 17.7 Å². The number of nitrogens with one attached hydrogen (secondary N) is 1. The Morgan fingerprint density at radius 2 is 1.85 bits per heavy atom. The quantitative estimate of drug-likeness (QED) is 0.220. The maximum absolute atomic E-state index is 13.7. The number of nitrogen functional groups attached to an aromatic ring is 1. The molecule has 0 saturated carbocycles. The summed E-state index contributed by atoms with van der Waals surface area (Å²) >= 11 is 0. The number of nitrogens with zero attached hydrogens (tertiary/aromatic N) is 2. The summed E-state index contributed by atoms with van der Waals surface area (Å²) in [6.45, 7) is 4.75. The standard InChI is InChI=1S/C33H42N4O8S/c1-22(2)18-37(46(40,41)27-12-8-24(34)9-13-27)19-30(38)29(36-33(39)45-31-21-44-32-28(31)14-16-42-32)17-23-6-10-26(11-7-23)43-20-25-5-3-4-15-35-25/h3-13,15,22,28-32,38H,14,16-21,34H2,1-2H3,(H,36,39). The van der Waals surface area contributed by atoms with Crippen molar-refractivity contribution in [2.75, 3.05) is 32.0 Å². The summed E-state index contributed by atoms with van der Waals surface area (Å²) in [5.41, 5.74) is 7.80. The number of sulfonamides is 1. The minimum atomic E-state index is -3.98. The summed E-state index contributed by atoms with van der Waals surface area (Å²) in [6, 6.07) is 17.9. The lowest BCUT2D eigenvalue weighted by atomic mass is 10.0.